The monoisotopic (exact) mass is 339 g/mol. The molecule has 0 bridgehead atoms. The van der Waals surface area contributed by atoms with Crippen molar-refractivity contribution >= 4 is 33.2 Å². The molecule has 1 aliphatic rings. The lowest BCUT2D eigenvalue weighted by molar-refractivity contribution is 0.0951. The number of benzene rings is 1. The summed E-state index contributed by atoms with van der Waals surface area (Å²) in [6.45, 7) is 0.729. The molecule has 0 radical (unpaired) electrons. The number of nitrogens with one attached hydrogen (secondary N) is 1. The van der Waals surface area contributed by atoms with Gasteiger partial charge in [-0.05, 0) is 46.3 Å². The van der Waals surface area contributed by atoms with Crippen LogP contribution in [0, 0.1) is 0 Å². The van der Waals surface area contributed by atoms with Gasteiger partial charge in [-0.25, -0.2) is 0 Å². The summed E-state index contributed by atoms with van der Waals surface area (Å²) in [6, 6.07) is 9.12. The molecular weight excluding hydrogens is 330 g/mol. The average molecular weight is 340 g/mol. The van der Waals surface area contributed by atoms with Crippen molar-refractivity contribution in [2.75, 3.05) is 6.79 Å². The molecule has 0 spiro atoms. The molecule has 0 unspecified atom stereocenters. The number of carbonyl (C=O) groups is 1. The number of hydrogen-bond acceptors (Lipinski definition) is 4. The van der Waals surface area contributed by atoms with Crippen LogP contribution in [0.25, 0.3) is 0 Å². The van der Waals surface area contributed by atoms with Crippen LogP contribution in [0.3, 0.4) is 0 Å². The zero-order chi connectivity index (χ0) is 13.2. The van der Waals surface area contributed by atoms with E-state index in [4.69, 9.17) is 9.47 Å². The maximum absolute atomic E-state index is 12.0. The first-order chi connectivity index (χ1) is 9.22. The van der Waals surface area contributed by atoms with Gasteiger partial charge in [-0.1, -0.05) is 0 Å². The van der Waals surface area contributed by atoms with E-state index in [0.717, 1.165) is 8.66 Å². The van der Waals surface area contributed by atoms with Gasteiger partial charge in [0.15, 0.2) is 11.5 Å². The fraction of sp³-hybridized carbons (Fsp3) is 0.154. The van der Waals surface area contributed by atoms with Crippen molar-refractivity contribution in [1.29, 1.82) is 0 Å². The minimum absolute atomic E-state index is 0.122. The van der Waals surface area contributed by atoms with E-state index in [9.17, 15) is 4.79 Å². The van der Waals surface area contributed by atoms with Crippen molar-refractivity contribution < 1.29 is 14.3 Å². The third-order valence-corrected chi connectivity index (χ3v) is 4.31. The Morgan fingerprint density at radius 2 is 2.11 bits per heavy atom. The third-order valence-electron chi connectivity index (χ3n) is 2.69. The highest BCUT2D eigenvalue weighted by atomic mass is 79.9. The van der Waals surface area contributed by atoms with E-state index in [1.807, 2.05) is 12.1 Å². The molecule has 2 aromatic rings. The Morgan fingerprint density at radius 3 is 2.89 bits per heavy atom. The molecule has 0 saturated heterocycles. The first-order valence-electron chi connectivity index (χ1n) is 5.64. The van der Waals surface area contributed by atoms with Gasteiger partial charge >= 0.3 is 0 Å². The number of ether oxygens (including phenoxy) is 2. The number of carbonyl (C=O) groups excluding carboxylic acids is 1. The van der Waals surface area contributed by atoms with Gasteiger partial charge in [0.05, 0.1) is 10.3 Å². The van der Waals surface area contributed by atoms with Crippen LogP contribution in [0.2, 0.25) is 0 Å². The number of thiophene rings is 1. The molecule has 0 aliphatic carbocycles. The normalized spacial score (nSPS) is 12.5. The minimum atomic E-state index is -0.122. The second-order valence-electron chi connectivity index (χ2n) is 3.96. The Labute approximate surface area is 122 Å². The molecule has 1 aromatic carbocycles. The summed E-state index contributed by atoms with van der Waals surface area (Å²) in [5, 5.41) is 2.87. The smallest absolute Gasteiger partial charge is 0.251 e. The fourth-order valence-corrected chi connectivity index (χ4v) is 3.18. The number of hydrogen-bond donors (Lipinski definition) is 1. The van der Waals surface area contributed by atoms with Gasteiger partial charge in [-0.2, -0.15) is 0 Å². The summed E-state index contributed by atoms with van der Waals surface area (Å²) >= 11 is 5.00. The Hall–Kier alpha value is -1.53. The van der Waals surface area contributed by atoms with Crippen LogP contribution in [0.5, 0.6) is 11.5 Å². The van der Waals surface area contributed by atoms with Gasteiger partial charge in [0.25, 0.3) is 5.91 Å². The van der Waals surface area contributed by atoms with Gasteiger partial charge in [-0.15, -0.1) is 11.3 Å². The molecule has 19 heavy (non-hydrogen) atoms. The van der Waals surface area contributed by atoms with E-state index in [1.165, 1.54) is 0 Å². The summed E-state index contributed by atoms with van der Waals surface area (Å²) in [7, 11) is 0. The Morgan fingerprint density at radius 1 is 1.26 bits per heavy atom. The summed E-state index contributed by atoms with van der Waals surface area (Å²) in [4.78, 5) is 13.1. The van der Waals surface area contributed by atoms with Gasteiger partial charge in [0.1, 0.15) is 0 Å². The van der Waals surface area contributed by atoms with Crippen LogP contribution in [0.1, 0.15) is 15.2 Å². The first kappa shape index (κ1) is 12.5. The lowest BCUT2D eigenvalue weighted by Gasteiger charge is -2.04. The maximum atomic E-state index is 12.0. The molecule has 0 saturated carbocycles. The summed E-state index contributed by atoms with van der Waals surface area (Å²) in [5.41, 5.74) is 0.569. The quantitative estimate of drug-likeness (QED) is 0.934. The highest BCUT2D eigenvalue weighted by Crippen LogP contribution is 2.32. The highest BCUT2D eigenvalue weighted by Gasteiger charge is 2.16. The van der Waals surface area contributed by atoms with Crippen LogP contribution in [-0.2, 0) is 6.54 Å². The van der Waals surface area contributed by atoms with E-state index in [1.54, 1.807) is 29.5 Å². The topological polar surface area (TPSA) is 47.6 Å². The summed E-state index contributed by atoms with van der Waals surface area (Å²) in [5.74, 6) is 1.17. The lowest BCUT2D eigenvalue weighted by Crippen LogP contribution is -2.22. The molecule has 2 heterocycles. The van der Waals surface area contributed by atoms with Crippen molar-refractivity contribution in [3.05, 3.63) is 44.6 Å². The number of halogens is 1. The number of amides is 1. The molecule has 4 nitrogen and oxygen atoms in total. The summed E-state index contributed by atoms with van der Waals surface area (Å²) in [6.07, 6.45) is 0. The predicted octanol–water partition coefficient (Wildman–Crippen LogP) is 3.17. The first-order valence-corrected chi connectivity index (χ1v) is 7.25. The Kier molecular flexibility index (Phi) is 3.44. The Balaban J connectivity index is 1.67. The van der Waals surface area contributed by atoms with Crippen LogP contribution in [-0.4, -0.2) is 12.7 Å². The number of rotatable bonds is 3. The third kappa shape index (κ3) is 2.74. The molecule has 0 atom stereocenters. The SMILES string of the molecule is O=C(NCc1ccc(Br)s1)c1ccc2c(c1)OCO2. The van der Waals surface area contributed by atoms with Crippen molar-refractivity contribution in [3.63, 3.8) is 0 Å². The van der Waals surface area contributed by atoms with Crippen molar-refractivity contribution in [1.82, 2.24) is 5.32 Å². The fourth-order valence-electron chi connectivity index (χ4n) is 1.75. The van der Waals surface area contributed by atoms with Gasteiger partial charge in [0.2, 0.25) is 6.79 Å². The zero-order valence-electron chi connectivity index (χ0n) is 9.81. The molecular formula is C13H10BrNO3S. The van der Waals surface area contributed by atoms with E-state index < -0.39 is 0 Å². The molecule has 0 fully saturated rings. The molecule has 3 rings (SSSR count). The van der Waals surface area contributed by atoms with E-state index >= 15 is 0 Å². The highest BCUT2D eigenvalue weighted by molar-refractivity contribution is 9.11. The van der Waals surface area contributed by atoms with Gasteiger partial charge in [0, 0.05) is 10.4 Å². The summed E-state index contributed by atoms with van der Waals surface area (Å²) < 4.78 is 11.5. The predicted molar refractivity (Wildman–Crippen MR) is 75.8 cm³/mol. The zero-order valence-corrected chi connectivity index (χ0v) is 12.2. The molecule has 1 amide bonds. The molecule has 1 aliphatic heterocycles. The second-order valence-corrected chi connectivity index (χ2v) is 6.50. The maximum Gasteiger partial charge on any atom is 0.251 e. The van der Waals surface area contributed by atoms with E-state index in [2.05, 4.69) is 21.2 Å². The van der Waals surface area contributed by atoms with Crippen LogP contribution < -0.4 is 14.8 Å². The van der Waals surface area contributed by atoms with Crippen molar-refractivity contribution in [3.8, 4) is 11.5 Å². The largest absolute Gasteiger partial charge is 0.454 e. The number of fused-ring (bicyclic) bond motifs is 1. The van der Waals surface area contributed by atoms with Crippen LogP contribution >= 0.6 is 27.3 Å². The standard InChI is InChI=1S/C13H10BrNO3S/c14-12-4-2-9(19-12)6-15-13(16)8-1-3-10-11(5-8)18-7-17-10/h1-5H,6-7H2,(H,15,16). The molecule has 98 valence electrons. The van der Waals surface area contributed by atoms with Crippen molar-refractivity contribution in [2.24, 2.45) is 0 Å². The van der Waals surface area contributed by atoms with Crippen LogP contribution in [0.15, 0.2) is 34.1 Å². The molecule has 1 N–H and O–H groups in total. The van der Waals surface area contributed by atoms with E-state index in [-0.39, 0.29) is 12.7 Å². The lowest BCUT2D eigenvalue weighted by atomic mass is 10.2. The second kappa shape index (κ2) is 5.22. The average Bonchev–Trinajstić information content (AvgIpc) is 3.03. The molecule has 1 aromatic heterocycles. The Bertz CT molecular complexity index is 626. The van der Waals surface area contributed by atoms with Crippen LogP contribution in [0.4, 0.5) is 0 Å². The van der Waals surface area contributed by atoms with Gasteiger partial charge < -0.3 is 14.8 Å². The minimum Gasteiger partial charge on any atom is -0.454 e. The van der Waals surface area contributed by atoms with Gasteiger partial charge in [-0.3, -0.25) is 4.79 Å². The molecule has 6 heteroatoms. The van der Waals surface area contributed by atoms with Crippen molar-refractivity contribution in [2.45, 2.75) is 6.54 Å². The van der Waals surface area contributed by atoms with E-state index in [0.29, 0.717) is 23.6 Å².